The smallest absolute Gasteiger partial charge is 0.304 e. The van der Waals surface area contributed by atoms with Gasteiger partial charge in [0.25, 0.3) is 0 Å². The standard InChI is InChI=1S/C25H37N3O4.ClH/c1-3-4-5-6-7-12-28-14-13-27(17-19(28)15-25(30)31)18-24(29)21-10-11-26-23-9-8-20(32-2)16-22(21)23;/h8-11,16,19,24,29H,3-7,12-15,17-18H2,1-2H3,(H,30,31);1H. The molecule has 0 radical (unpaired) electrons. The summed E-state index contributed by atoms with van der Waals surface area (Å²) in [6, 6.07) is 7.50. The van der Waals surface area contributed by atoms with Gasteiger partial charge in [-0.2, -0.15) is 0 Å². The van der Waals surface area contributed by atoms with Crippen LogP contribution in [-0.2, 0) is 4.79 Å². The van der Waals surface area contributed by atoms with Crippen LogP contribution in [0.1, 0.15) is 57.1 Å². The van der Waals surface area contributed by atoms with Gasteiger partial charge in [0.05, 0.1) is 25.2 Å². The number of ether oxygens (including phenoxy) is 1. The molecule has 1 aliphatic rings. The van der Waals surface area contributed by atoms with Crippen molar-refractivity contribution < 1.29 is 19.7 Å². The van der Waals surface area contributed by atoms with Gasteiger partial charge < -0.3 is 14.9 Å². The van der Waals surface area contributed by atoms with E-state index in [1.54, 1.807) is 13.3 Å². The Morgan fingerprint density at radius 2 is 2.00 bits per heavy atom. The highest BCUT2D eigenvalue weighted by molar-refractivity contribution is 5.85. The maximum atomic E-state index is 11.5. The van der Waals surface area contributed by atoms with Crippen molar-refractivity contribution in [2.45, 2.75) is 57.6 Å². The molecular weight excluding hydrogens is 442 g/mol. The molecular formula is C25H38ClN3O4. The van der Waals surface area contributed by atoms with E-state index in [4.69, 9.17) is 4.74 Å². The van der Waals surface area contributed by atoms with Crippen LogP contribution in [0.25, 0.3) is 10.9 Å². The maximum Gasteiger partial charge on any atom is 0.304 e. The number of carbonyl (C=O) groups is 1. The molecule has 1 aromatic carbocycles. The number of unbranched alkanes of at least 4 members (excludes halogenated alkanes) is 4. The highest BCUT2D eigenvalue weighted by Gasteiger charge is 2.29. The fourth-order valence-corrected chi connectivity index (χ4v) is 4.64. The van der Waals surface area contributed by atoms with Crippen molar-refractivity contribution in [2.75, 3.05) is 39.8 Å². The van der Waals surface area contributed by atoms with Gasteiger partial charge in [-0.15, -0.1) is 12.4 Å². The first-order chi connectivity index (χ1) is 15.5. The number of halogens is 1. The number of fused-ring (bicyclic) bond motifs is 1. The number of rotatable bonds is 12. The highest BCUT2D eigenvalue weighted by atomic mass is 35.5. The van der Waals surface area contributed by atoms with Gasteiger partial charge in [-0.05, 0) is 42.8 Å². The number of hydrogen-bond donors (Lipinski definition) is 2. The Morgan fingerprint density at radius 3 is 2.73 bits per heavy atom. The predicted octanol–water partition coefficient (Wildman–Crippen LogP) is 4.13. The first kappa shape index (κ1) is 27.3. The number of β-amino-alcohol motifs (C(OH)–C–C–N with tert-alkyl or cyclic N) is 1. The first-order valence-electron chi connectivity index (χ1n) is 11.8. The van der Waals surface area contributed by atoms with Crippen LogP contribution in [0, 0.1) is 0 Å². The van der Waals surface area contributed by atoms with E-state index in [0.29, 0.717) is 13.1 Å². The van der Waals surface area contributed by atoms with Gasteiger partial charge in [0, 0.05) is 43.8 Å². The van der Waals surface area contributed by atoms with E-state index in [1.807, 2.05) is 24.3 Å². The molecule has 2 aromatic rings. The van der Waals surface area contributed by atoms with Crippen molar-refractivity contribution >= 4 is 29.3 Å². The molecule has 184 valence electrons. The molecule has 2 N–H and O–H groups in total. The molecule has 1 fully saturated rings. The minimum absolute atomic E-state index is 0. The Morgan fingerprint density at radius 1 is 1.21 bits per heavy atom. The second kappa shape index (κ2) is 13.7. The summed E-state index contributed by atoms with van der Waals surface area (Å²) in [5.41, 5.74) is 1.64. The topological polar surface area (TPSA) is 86.1 Å². The van der Waals surface area contributed by atoms with Gasteiger partial charge in [0.15, 0.2) is 0 Å². The molecule has 2 atom stereocenters. The summed E-state index contributed by atoms with van der Waals surface area (Å²) in [6.45, 7) is 5.95. The largest absolute Gasteiger partial charge is 0.497 e. The average Bonchev–Trinajstić information content (AvgIpc) is 2.79. The molecule has 33 heavy (non-hydrogen) atoms. The highest BCUT2D eigenvalue weighted by Crippen LogP contribution is 2.28. The lowest BCUT2D eigenvalue weighted by Gasteiger charge is -2.41. The summed E-state index contributed by atoms with van der Waals surface area (Å²) in [5.74, 6) is -0.0337. The molecule has 3 rings (SSSR count). The molecule has 2 heterocycles. The predicted molar refractivity (Wildman–Crippen MR) is 133 cm³/mol. The van der Waals surface area contributed by atoms with E-state index in [-0.39, 0.29) is 24.9 Å². The number of carboxylic acids is 1. The van der Waals surface area contributed by atoms with Gasteiger partial charge in [-0.25, -0.2) is 0 Å². The summed E-state index contributed by atoms with van der Waals surface area (Å²) in [6.07, 6.45) is 7.22. The molecule has 2 unspecified atom stereocenters. The van der Waals surface area contributed by atoms with E-state index in [9.17, 15) is 15.0 Å². The van der Waals surface area contributed by atoms with E-state index in [0.717, 1.165) is 48.3 Å². The zero-order valence-electron chi connectivity index (χ0n) is 19.8. The number of aliphatic carboxylic acids is 1. The number of methoxy groups -OCH3 is 1. The zero-order chi connectivity index (χ0) is 22.9. The van der Waals surface area contributed by atoms with Crippen molar-refractivity contribution in [2.24, 2.45) is 0 Å². The van der Waals surface area contributed by atoms with Crippen LogP contribution in [0.2, 0.25) is 0 Å². The molecule has 0 amide bonds. The summed E-state index contributed by atoms with van der Waals surface area (Å²) in [5, 5.41) is 21.4. The summed E-state index contributed by atoms with van der Waals surface area (Å²) in [4.78, 5) is 20.4. The van der Waals surface area contributed by atoms with Crippen LogP contribution < -0.4 is 4.74 Å². The number of aliphatic hydroxyl groups excluding tert-OH is 1. The van der Waals surface area contributed by atoms with Crippen LogP contribution in [0.15, 0.2) is 30.5 Å². The Bertz CT molecular complexity index is 882. The molecule has 0 bridgehead atoms. The molecule has 1 aromatic heterocycles. The van der Waals surface area contributed by atoms with Gasteiger partial charge in [0.1, 0.15) is 5.75 Å². The van der Waals surface area contributed by atoms with Crippen molar-refractivity contribution in [1.82, 2.24) is 14.8 Å². The van der Waals surface area contributed by atoms with E-state index in [2.05, 4.69) is 21.7 Å². The number of aliphatic hydroxyl groups is 1. The SMILES string of the molecule is CCCCCCCN1CCN(CC(O)c2ccnc3ccc(OC)cc23)CC1CC(=O)O.Cl. The van der Waals surface area contributed by atoms with Crippen molar-refractivity contribution in [1.29, 1.82) is 0 Å². The van der Waals surface area contributed by atoms with E-state index >= 15 is 0 Å². The number of nitrogens with zero attached hydrogens (tertiary/aromatic N) is 3. The first-order valence-corrected chi connectivity index (χ1v) is 11.8. The second-order valence-electron chi connectivity index (χ2n) is 8.76. The van der Waals surface area contributed by atoms with Crippen LogP contribution >= 0.6 is 12.4 Å². The fraction of sp³-hybridized carbons (Fsp3) is 0.600. The van der Waals surface area contributed by atoms with Gasteiger partial charge in [-0.1, -0.05) is 32.6 Å². The van der Waals surface area contributed by atoms with Gasteiger partial charge >= 0.3 is 5.97 Å². The minimum Gasteiger partial charge on any atom is -0.497 e. The number of pyridine rings is 1. The van der Waals surface area contributed by atoms with Crippen molar-refractivity contribution in [3.8, 4) is 5.75 Å². The number of carboxylic acid groups (broad SMARTS) is 1. The van der Waals surface area contributed by atoms with Crippen LogP contribution in [0.5, 0.6) is 5.75 Å². The second-order valence-corrected chi connectivity index (χ2v) is 8.76. The lowest BCUT2D eigenvalue weighted by molar-refractivity contribution is -0.139. The number of benzene rings is 1. The third kappa shape index (κ3) is 7.81. The van der Waals surface area contributed by atoms with Crippen molar-refractivity contribution in [3.05, 3.63) is 36.0 Å². The van der Waals surface area contributed by atoms with E-state index < -0.39 is 12.1 Å². The molecule has 1 saturated heterocycles. The normalized spacial score (nSPS) is 18.1. The lowest BCUT2D eigenvalue weighted by atomic mass is 10.0. The molecule has 0 saturated carbocycles. The lowest BCUT2D eigenvalue weighted by Crippen LogP contribution is -2.54. The third-order valence-electron chi connectivity index (χ3n) is 6.42. The Hall–Kier alpha value is -1.93. The molecule has 0 aliphatic carbocycles. The number of hydrogen-bond acceptors (Lipinski definition) is 6. The minimum atomic E-state index is -0.763. The summed E-state index contributed by atoms with van der Waals surface area (Å²) >= 11 is 0. The summed E-state index contributed by atoms with van der Waals surface area (Å²) < 4.78 is 5.34. The number of aromatic nitrogens is 1. The van der Waals surface area contributed by atoms with Gasteiger partial charge in [0.2, 0.25) is 0 Å². The molecule has 0 spiro atoms. The number of piperazine rings is 1. The maximum absolute atomic E-state index is 11.5. The molecule has 7 nitrogen and oxygen atoms in total. The Labute approximate surface area is 203 Å². The zero-order valence-corrected chi connectivity index (χ0v) is 20.6. The monoisotopic (exact) mass is 479 g/mol. The Balaban J connectivity index is 0.00000385. The quantitative estimate of drug-likeness (QED) is 0.442. The molecule has 1 aliphatic heterocycles. The van der Waals surface area contributed by atoms with Crippen molar-refractivity contribution in [3.63, 3.8) is 0 Å². The van der Waals surface area contributed by atoms with Gasteiger partial charge in [-0.3, -0.25) is 19.6 Å². The molecule has 8 heteroatoms. The third-order valence-corrected chi connectivity index (χ3v) is 6.42. The fourth-order valence-electron chi connectivity index (χ4n) is 4.64. The summed E-state index contributed by atoms with van der Waals surface area (Å²) in [7, 11) is 1.62. The van der Waals surface area contributed by atoms with Crippen LogP contribution in [0.3, 0.4) is 0 Å². The van der Waals surface area contributed by atoms with Crippen LogP contribution in [-0.4, -0.2) is 76.8 Å². The average molecular weight is 480 g/mol. The van der Waals surface area contributed by atoms with Crippen LogP contribution in [0.4, 0.5) is 0 Å². The Kier molecular flexibility index (Phi) is 11.3. The van der Waals surface area contributed by atoms with E-state index in [1.165, 1.54) is 25.7 Å².